The van der Waals surface area contributed by atoms with Gasteiger partial charge in [0.2, 0.25) is 6.79 Å². The minimum atomic E-state index is -4.77. The van der Waals surface area contributed by atoms with Crippen LogP contribution in [0.15, 0.2) is 58.6 Å². The monoisotopic (exact) mass is 682 g/mol. The van der Waals surface area contributed by atoms with Crippen LogP contribution in [-0.4, -0.2) is 75.1 Å². The molecule has 0 bridgehead atoms. The first kappa shape index (κ1) is 35.5. The number of imide groups is 1. The van der Waals surface area contributed by atoms with Crippen LogP contribution in [0.2, 0.25) is 0 Å². The van der Waals surface area contributed by atoms with Crippen LogP contribution >= 0.6 is 7.82 Å². The van der Waals surface area contributed by atoms with Crippen LogP contribution in [0.3, 0.4) is 0 Å². The van der Waals surface area contributed by atoms with Gasteiger partial charge in [0.25, 0.3) is 11.8 Å². The summed E-state index contributed by atoms with van der Waals surface area (Å²) in [6, 6.07) is 9.39. The number of amidine groups is 1. The molecular weight excluding hydrogens is 647 g/mol. The van der Waals surface area contributed by atoms with Gasteiger partial charge in [0.15, 0.2) is 5.84 Å². The molecule has 0 unspecified atom stereocenters. The van der Waals surface area contributed by atoms with E-state index in [-0.39, 0.29) is 28.6 Å². The lowest BCUT2D eigenvalue weighted by atomic mass is 10.1. The summed E-state index contributed by atoms with van der Waals surface area (Å²) in [5, 5.41) is 2.82. The van der Waals surface area contributed by atoms with Crippen molar-refractivity contribution in [1.82, 2.24) is 15.2 Å². The number of nitrogens with zero attached hydrogens (tertiary/aromatic N) is 3. The second kappa shape index (κ2) is 15.5. The molecule has 1 saturated carbocycles. The first-order valence-electron chi connectivity index (χ1n) is 14.8. The maximum atomic E-state index is 13.6. The van der Waals surface area contributed by atoms with Crippen molar-refractivity contribution < 1.29 is 47.5 Å². The van der Waals surface area contributed by atoms with Crippen LogP contribution in [0.5, 0.6) is 5.75 Å². The SMILES string of the molecule is CCCNC(=O)c1ccc(C)c(N=C(N=CN)c2[nH]cc(C(=O)N(C(=O)OCOC(=O)c3ccc(OP(=O)(O)O)cc3)C3CC3)c2C)c1. The zero-order valence-electron chi connectivity index (χ0n) is 26.3. The molecule has 3 aromatic rings. The fourth-order valence-electron chi connectivity index (χ4n) is 4.43. The maximum Gasteiger partial charge on any atom is 0.524 e. The van der Waals surface area contributed by atoms with E-state index < -0.39 is 38.6 Å². The molecule has 16 nitrogen and oxygen atoms in total. The highest BCUT2D eigenvalue weighted by Gasteiger charge is 2.40. The number of H-pyrrole nitrogens is 1. The van der Waals surface area contributed by atoms with Gasteiger partial charge in [-0.15, -0.1) is 0 Å². The van der Waals surface area contributed by atoms with E-state index in [1.165, 1.54) is 18.3 Å². The van der Waals surface area contributed by atoms with Crippen LogP contribution in [0.1, 0.15) is 74.1 Å². The van der Waals surface area contributed by atoms with Gasteiger partial charge in [0.1, 0.15) is 5.75 Å². The van der Waals surface area contributed by atoms with Gasteiger partial charge in [0, 0.05) is 24.3 Å². The molecule has 2 aromatic carbocycles. The number of ether oxygens (including phenoxy) is 2. The number of aryl methyl sites for hydroxylation is 1. The van der Waals surface area contributed by atoms with E-state index in [2.05, 4.69) is 24.8 Å². The van der Waals surface area contributed by atoms with E-state index in [0.717, 1.165) is 35.4 Å². The van der Waals surface area contributed by atoms with Crippen LogP contribution in [0.4, 0.5) is 10.5 Å². The molecule has 1 fully saturated rings. The highest BCUT2D eigenvalue weighted by Crippen LogP contribution is 2.37. The number of carbonyl (C=O) groups is 4. The van der Waals surface area contributed by atoms with Crippen molar-refractivity contribution in [1.29, 1.82) is 0 Å². The van der Waals surface area contributed by atoms with Crippen LogP contribution in [0.25, 0.3) is 0 Å². The first-order chi connectivity index (χ1) is 22.8. The second-order valence-electron chi connectivity index (χ2n) is 10.6. The molecule has 48 heavy (non-hydrogen) atoms. The van der Waals surface area contributed by atoms with Gasteiger partial charge in [-0.1, -0.05) is 13.0 Å². The number of rotatable bonds is 12. The molecule has 0 aliphatic heterocycles. The minimum absolute atomic E-state index is 0.00556. The average Bonchev–Trinajstić information content (AvgIpc) is 3.79. The largest absolute Gasteiger partial charge is 0.524 e. The Labute approximate surface area is 275 Å². The lowest BCUT2D eigenvalue weighted by Crippen LogP contribution is -2.39. The van der Waals surface area contributed by atoms with Gasteiger partial charge in [-0.2, -0.15) is 0 Å². The first-order valence-corrected chi connectivity index (χ1v) is 16.3. The fraction of sp³-hybridized carbons (Fsp3) is 0.290. The molecule has 3 amide bonds. The molecule has 1 heterocycles. The Morgan fingerprint density at radius 3 is 2.40 bits per heavy atom. The van der Waals surface area contributed by atoms with Crippen LogP contribution in [0, 0.1) is 13.8 Å². The Morgan fingerprint density at radius 1 is 1.08 bits per heavy atom. The van der Waals surface area contributed by atoms with Crippen molar-refractivity contribution in [2.75, 3.05) is 13.3 Å². The molecule has 0 atom stereocenters. The molecule has 1 aliphatic rings. The van der Waals surface area contributed by atoms with E-state index in [0.29, 0.717) is 41.9 Å². The quantitative estimate of drug-likeness (QED) is 0.0604. The van der Waals surface area contributed by atoms with Crippen LogP contribution in [-0.2, 0) is 14.0 Å². The second-order valence-corrected chi connectivity index (χ2v) is 11.8. The number of amides is 3. The van der Waals surface area contributed by atoms with E-state index in [1.54, 1.807) is 25.1 Å². The summed E-state index contributed by atoms with van der Waals surface area (Å²) < 4.78 is 25.5. The number of nitrogens with one attached hydrogen (secondary N) is 2. The molecule has 1 aliphatic carbocycles. The Bertz CT molecular complexity index is 1790. The third kappa shape index (κ3) is 9.15. The molecule has 0 radical (unpaired) electrons. The number of aromatic nitrogens is 1. The van der Waals surface area contributed by atoms with Crippen molar-refractivity contribution in [3.05, 3.63) is 82.2 Å². The average molecular weight is 683 g/mol. The van der Waals surface area contributed by atoms with Gasteiger partial charge < -0.3 is 30.0 Å². The van der Waals surface area contributed by atoms with Crippen molar-refractivity contribution >= 4 is 49.6 Å². The topological polar surface area (TPSA) is 235 Å². The highest BCUT2D eigenvalue weighted by molar-refractivity contribution is 7.46. The normalized spacial score (nSPS) is 13.2. The Kier molecular flexibility index (Phi) is 11.5. The van der Waals surface area contributed by atoms with Crippen molar-refractivity contribution in [3.8, 4) is 5.75 Å². The summed E-state index contributed by atoms with van der Waals surface area (Å²) >= 11 is 0. The number of aliphatic imine (C=N–C) groups is 2. The van der Waals surface area contributed by atoms with Gasteiger partial charge in [-0.05, 0) is 80.6 Å². The van der Waals surface area contributed by atoms with E-state index in [1.807, 2.05) is 13.8 Å². The summed E-state index contributed by atoms with van der Waals surface area (Å²) in [6.45, 7) is 5.15. The van der Waals surface area contributed by atoms with Gasteiger partial charge in [-0.25, -0.2) is 29.0 Å². The lowest BCUT2D eigenvalue weighted by Gasteiger charge is -2.20. The molecule has 4 rings (SSSR count). The molecule has 17 heteroatoms. The van der Waals surface area contributed by atoms with Gasteiger partial charge >= 0.3 is 19.9 Å². The van der Waals surface area contributed by atoms with E-state index in [9.17, 15) is 23.7 Å². The lowest BCUT2D eigenvalue weighted by molar-refractivity contribution is -0.0110. The van der Waals surface area contributed by atoms with Gasteiger partial charge in [-0.3, -0.25) is 19.4 Å². The number of aromatic amines is 1. The third-order valence-electron chi connectivity index (χ3n) is 7.04. The number of carbonyl (C=O) groups excluding carboxylic acids is 4. The summed E-state index contributed by atoms with van der Waals surface area (Å²) in [7, 11) is -4.77. The Hall–Kier alpha value is -5.31. The van der Waals surface area contributed by atoms with E-state index in [4.69, 9.17) is 25.0 Å². The Morgan fingerprint density at radius 2 is 1.77 bits per heavy atom. The van der Waals surface area contributed by atoms with Crippen molar-refractivity contribution in [2.24, 2.45) is 15.7 Å². The summed E-state index contributed by atoms with van der Waals surface area (Å²) in [5.41, 5.74) is 8.19. The fourth-order valence-corrected chi connectivity index (χ4v) is 4.83. The van der Waals surface area contributed by atoms with Crippen molar-refractivity contribution in [3.63, 3.8) is 0 Å². The van der Waals surface area contributed by atoms with Gasteiger partial charge in [0.05, 0.1) is 28.8 Å². The smallest absolute Gasteiger partial charge is 0.424 e. The minimum Gasteiger partial charge on any atom is -0.424 e. The molecule has 254 valence electrons. The highest BCUT2D eigenvalue weighted by atomic mass is 31.2. The molecule has 0 saturated heterocycles. The third-order valence-corrected chi connectivity index (χ3v) is 7.49. The van der Waals surface area contributed by atoms with E-state index >= 15 is 0 Å². The standard InChI is InChI=1S/C31H35N6O10P/c1-4-13-33-28(38)21-6-5-18(2)25(14-21)36-27(35-16-32)26-19(3)24(15-34-26)29(39)37(22-9-10-22)31(41)46-17-45-30(40)20-7-11-23(12-8-20)47-48(42,43)44/h5-8,11-12,14-16,22,34H,4,9-10,13,17H2,1-3H3,(H,33,38)(H2,32,35,36)(H2,42,43,44). The number of esters is 1. The number of phosphoric acid groups is 1. The zero-order chi connectivity index (χ0) is 35.0. The number of benzene rings is 2. The molecule has 0 spiro atoms. The number of hydrogen-bond donors (Lipinski definition) is 5. The predicted molar refractivity (Wildman–Crippen MR) is 173 cm³/mol. The number of nitrogens with two attached hydrogens (primary N) is 1. The summed E-state index contributed by atoms with van der Waals surface area (Å²) in [4.78, 5) is 82.0. The number of hydrogen-bond acceptors (Lipinski definition) is 9. The molecule has 6 N–H and O–H groups in total. The maximum absolute atomic E-state index is 13.6. The number of phosphoric ester groups is 1. The summed E-state index contributed by atoms with van der Waals surface area (Å²) in [5.74, 6) is -1.82. The predicted octanol–water partition coefficient (Wildman–Crippen LogP) is 3.86. The Balaban J connectivity index is 1.47. The van der Waals surface area contributed by atoms with Crippen molar-refractivity contribution in [2.45, 2.75) is 46.1 Å². The van der Waals surface area contributed by atoms with Crippen LogP contribution < -0.4 is 15.6 Å². The summed E-state index contributed by atoms with van der Waals surface area (Å²) in [6.07, 6.45) is 3.35. The molecule has 1 aromatic heterocycles. The zero-order valence-corrected chi connectivity index (χ0v) is 27.2. The molecular formula is C31H35N6O10P.